The molecule has 1 saturated heterocycles. The van der Waals surface area contributed by atoms with Crippen LogP contribution in [0.1, 0.15) is 63.6 Å². The van der Waals surface area contributed by atoms with Gasteiger partial charge < -0.3 is 5.73 Å². The van der Waals surface area contributed by atoms with Crippen molar-refractivity contribution in [3.8, 4) is 0 Å². The van der Waals surface area contributed by atoms with Crippen LogP contribution >= 0.6 is 0 Å². The summed E-state index contributed by atoms with van der Waals surface area (Å²) in [5.74, 6) is 0.900. The van der Waals surface area contributed by atoms with E-state index in [0.29, 0.717) is 6.54 Å². The standard InChI is InChI=1S/C17H28N2.C2H6/c1-3-14-6-5-7-19(12-14)13-17-9-15(4-2)8-16(10-17)11-18;1-2/h8-10,14H,3-7,11-13,18H2,1-2H3;1-2H3. The summed E-state index contributed by atoms with van der Waals surface area (Å²) >= 11 is 0. The lowest BCUT2D eigenvalue weighted by Crippen LogP contribution is -2.34. The zero-order chi connectivity index (χ0) is 15.7. The van der Waals surface area contributed by atoms with Crippen molar-refractivity contribution in [1.82, 2.24) is 4.90 Å². The van der Waals surface area contributed by atoms with Gasteiger partial charge in [0.05, 0.1) is 0 Å². The van der Waals surface area contributed by atoms with Crippen LogP contribution < -0.4 is 5.73 Å². The molecule has 21 heavy (non-hydrogen) atoms. The van der Waals surface area contributed by atoms with E-state index in [9.17, 15) is 0 Å². The quantitative estimate of drug-likeness (QED) is 0.873. The van der Waals surface area contributed by atoms with Crippen LogP contribution in [0, 0.1) is 5.92 Å². The molecule has 0 aromatic heterocycles. The number of piperidine rings is 1. The smallest absolute Gasteiger partial charge is 0.0234 e. The van der Waals surface area contributed by atoms with Crippen molar-refractivity contribution in [2.45, 2.75) is 66.5 Å². The lowest BCUT2D eigenvalue weighted by Gasteiger charge is -2.32. The first-order chi connectivity index (χ1) is 10.2. The SMILES string of the molecule is CC.CCc1cc(CN)cc(CN2CCCC(CC)C2)c1. The first-order valence-corrected chi connectivity index (χ1v) is 8.79. The van der Waals surface area contributed by atoms with E-state index in [-0.39, 0.29) is 0 Å². The predicted molar refractivity (Wildman–Crippen MR) is 93.4 cm³/mol. The van der Waals surface area contributed by atoms with Crippen LogP contribution in [0.2, 0.25) is 0 Å². The molecule has 1 aliphatic rings. The molecule has 1 heterocycles. The largest absolute Gasteiger partial charge is 0.326 e. The van der Waals surface area contributed by atoms with E-state index in [4.69, 9.17) is 5.73 Å². The van der Waals surface area contributed by atoms with Gasteiger partial charge in [-0.1, -0.05) is 52.3 Å². The van der Waals surface area contributed by atoms with E-state index >= 15 is 0 Å². The Labute approximate surface area is 131 Å². The van der Waals surface area contributed by atoms with Crippen molar-refractivity contribution < 1.29 is 0 Å². The summed E-state index contributed by atoms with van der Waals surface area (Å²) in [7, 11) is 0. The van der Waals surface area contributed by atoms with Gasteiger partial charge in [-0.25, -0.2) is 0 Å². The second-order valence-electron chi connectivity index (χ2n) is 5.87. The van der Waals surface area contributed by atoms with Crippen LogP contribution in [0.5, 0.6) is 0 Å². The molecule has 2 heteroatoms. The van der Waals surface area contributed by atoms with Crippen molar-refractivity contribution in [1.29, 1.82) is 0 Å². The van der Waals surface area contributed by atoms with E-state index in [1.165, 1.54) is 49.0 Å². The Hall–Kier alpha value is -0.860. The van der Waals surface area contributed by atoms with E-state index in [1.54, 1.807) is 0 Å². The fourth-order valence-electron chi connectivity index (χ4n) is 3.14. The zero-order valence-electron chi connectivity index (χ0n) is 14.5. The monoisotopic (exact) mass is 290 g/mol. The lowest BCUT2D eigenvalue weighted by molar-refractivity contribution is 0.164. The molecule has 0 radical (unpaired) electrons. The molecule has 2 rings (SSSR count). The Bertz CT molecular complexity index is 378. The van der Waals surface area contributed by atoms with Gasteiger partial charge in [0.2, 0.25) is 0 Å². The highest BCUT2D eigenvalue weighted by atomic mass is 15.1. The summed E-state index contributed by atoms with van der Waals surface area (Å²) in [6.45, 7) is 12.8. The molecule has 1 aromatic rings. The van der Waals surface area contributed by atoms with Crippen molar-refractivity contribution in [2.75, 3.05) is 13.1 Å². The molecule has 0 bridgehead atoms. The van der Waals surface area contributed by atoms with Gasteiger partial charge in [0.1, 0.15) is 0 Å². The molecule has 1 atom stereocenters. The van der Waals surface area contributed by atoms with Crippen LogP contribution in [-0.2, 0) is 19.5 Å². The third-order valence-electron chi connectivity index (χ3n) is 4.34. The van der Waals surface area contributed by atoms with Crippen LogP contribution in [-0.4, -0.2) is 18.0 Å². The van der Waals surface area contributed by atoms with Gasteiger partial charge >= 0.3 is 0 Å². The summed E-state index contributed by atoms with van der Waals surface area (Å²) < 4.78 is 0. The summed E-state index contributed by atoms with van der Waals surface area (Å²) in [6, 6.07) is 6.89. The summed E-state index contributed by atoms with van der Waals surface area (Å²) in [5, 5.41) is 0. The summed E-state index contributed by atoms with van der Waals surface area (Å²) in [5.41, 5.74) is 9.94. The number of aryl methyl sites for hydroxylation is 1. The molecule has 2 nitrogen and oxygen atoms in total. The van der Waals surface area contributed by atoms with Crippen LogP contribution in [0.15, 0.2) is 18.2 Å². The third kappa shape index (κ3) is 5.80. The highest BCUT2D eigenvalue weighted by Gasteiger charge is 2.18. The van der Waals surface area contributed by atoms with E-state index < -0.39 is 0 Å². The molecular formula is C19H34N2. The molecule has 120 valence electrons. The first-order valence-electron chi connectivity index (χ1n) is 8.79. The van der Waals surface area contributed by atoms with Gasteiger partial charge in [0.25, 0.3) is 0 Å². The average molecular weight is 290 g/mol. The van der Waals surface area contributed by atoms with Gasteiger partial charge in [-0.2, -0.15) is 0 Å². The van der Waals surface area contributed by atoms with Gasteiger partial charge in [0, 0.05) is 19.6 Å². The van der Waals surface area contributed by atoms with E-state index in [1.807, 2.05) is 13.8 Å². The molecule has 0 spiro atoms. The molecule has 0 saturated carbocycles. The van der Waals surface area contributed by atoms with Crippen LogP contribution in [0.25, 0.3) is 0 Å². The second kappa shape index (κ2) is 9.97. The van der Waals surface area contributed by atoms with Crippen molar-refractivity contribution in [2.24, 2.45) is 11.7 Å². The van der Waals surface area contributed by atoms with Gasteiger partial charge in [-0.15, -0.1) is 0 Å². The predicted octanol–water partition coefficient (Wildman–Crippen LogP) is 4.36. The second-order valence-corrected chi connectivity index (χ2v) is 5.87. The molecule has 1 fully saturated rings. The fraction of sp³-hybridized carbons (Fsp3) is 0.684. The highest BCUT2D eigenvalue weighted by molar-refractivity contribution is 5.30. The molecular weight excluding hydrogens is 256 g/mol. The molecule has 2 N–H and O–H groups in total. The number of likely N-dealkylation sites (tertiary alicyclic amines) is 1. The zero-order valence-corrected chi connectivity index (χ0v) is 14.5. The lowest BCUT2D eigenvalue weighted by atomic mass is 9.95. The molecule has 1 aromatic carbocycles. The van der Waals surface area contributed by atoms with Crippen molar-refractivity contribution in [3.63, 3.8) is 0 Å². The number of hydrogen-bond acceptors (Lipinski definition) is 2. The Balaban J connectivity index is 0.00000106. The van der Waals surface area contributed by atoms with Crippen LogP contribution in [0.3, 0.4) is 0 Å². The summed E-state index contributed by atoms with van der Waals surface area (Å²) in [4.78, 5) is 2.62. The maximum Gasteiger partial charge on any atom is 0.0234 e. The maximum atomic E-state index is 5.81. The maximum absolute atomic E-state index is 5.81. The number of rotatable bonds is 5. The summed E-state index contributed by atoms with van der Waals surface area (Å²) in [6.07, 6.45) is 5.18. The average Bonchev–Trinajstić information content (AvgIpc) is 2.56. The Morgan fingerprint density at radius 3 is 2.38 bits per heavy atom. The third-order valence-corrected chi connectivity index (χ3v) is 4.34. The number of nitrogens with two attached hydrogens (primary N) is 1. The van der Waals surface area contributed by atoms with Gasteiger partial charge in [-0.3, -0.25) is 4.90 Å². The molecule has 0 amide bonds. The number of hydrogen-bond donors (Lipinski definition) is 1. The Morgan fingerprint density at radius 2 is 1.76 bits per heavy atom. The van der Waals surface area contributed by atoms with Crippen molar-refractivity contribution in [3.05, 3.63) is 34.9 Å². The first kappa shape index (κ1) is 18.2. The van der Waals surface area contributed by atoms with E-state index in [0.717, 1.165) is 18.9 Å². The number of nitrogens with zero attached hydrogens (tertiary/aromatic N) is 1. The Kier molecular flexibility index (Phi) is 8.63. The van der Waals surface area contributed by atoms with Gasteiger partial charge in [-0.05, 0) is 48.4 Å². The Morgan fingerprint density at radius 1 is 1.10 bits per heavy atom. The van der Waals surface area contributed by atoms with E-state index in [2.05, 4.69) is 36.9 Å². The minimum absolute atomic E-state index is 0.651. The topological polar surface area (TPSA) is 29.3 Å². The van der Waals surface area contributed by atoms with Gasteiger partial charge in [0.15, 0.2) is 0 Å². The molecule has 1 aliphatic heterocycles. The van der Waals surface area contributed by atoms with Crippen LogP contribution in [0.4, 0.5) is 0 Å². The molecule has 1 unspecified atom stereocenters. The number of benzene rings is 1. The minimum atomic E-state index is 0.651. The highest BCUT2D eigenvalue weighted by Crippen LogP contribution is 2.21. The molecule has 0 aliphatic carbocycles. The normalized spacial score (nSPS) is 19.0. The fourth-order valence-corrected chi connectivity index (χ4v) is 3.14. The van der Waals surface area contributed by atoms with Crippen molar-refractivity contribution >= 4 is 0 Å². The minimum Gasteiger partial charge on any atom is -0.326 e.